The number of aromatic nitrogens is 5. The third-order valence-electron chi connectivity index (χ3n) is 5.14. The van der Waals surface area contributed by atoms with Gasteiger partial charge in [-0.05, 0) is 36.4 Å². The fourth-order valence-electron chi connectivity index (χ4n) is 3.53. The van der Waals surface area contributed by atoms with Gasteiger partial charge in [-0.25, -0.2) is 9.31 Å². The number of aromatic carboxylic acids is 1. The van der Waals surface area contributed by atoms with Gasteiger partial charge in [0.25, 0.3) is 0 Å². The average molecular weight is 404 g/mol. The highest BCUT2D eigenvalue weighted by Gasteiger charge is 2.34. The van der Waals surface area contributed by atoms with E-state index in [2.05, 4.69) is 27.4 Å². The van der Waals surface area contributed by atoms with Crippen molar-refractivity contribution < 1.29 is 14.6 Å². The van der Waals surface area contributed by atoms with Crippen LogP contribution in [-0.4, -0.2) is 48.7 Å². The van der Waals surface area contributed by atoms with Crippen molar-refractivity contribution in [1.29, 1.82) is 0 Å². The van der Waals surface area contributed by atoms with E-state index in [-0.39, 0.29) is 11.0 Å². The molecule has 1 saturated heterocycles. The number of benzene rings is 1. The maximum absolute atomic E-state index is 11.0. The summed E-state index contributed by atoms with van der Waals surface area (Å²) in [5, 5.41) is 21.1. The van der Waals surface area contributed by atoms with Gasteiger partial charge >= 0.3 is 5.97 Å². The molecule has 1 aliphatic heterocycles. The van der Waals surface area contributed by atoms with E-state index in [9.17, 15) is 4.79 Å². The van der Waals surface area contributed by atoms with Crippen molar-refractivity contribution in [3.63, 3.8) is 0 Å². The largest absolute Gasteiger partial charge is 0.478 e. The summed E-state index contributed by atoms with van der Waals surface area (Å²) >= 11 is 0. The summed E-state index contributed by atoms with van der Waals surface area (Å²) in [6, 6.07) is 10.4. The lowest BCUT2D eigenvalue weighted by atomic mass is 9.89. The third kappa shape index (κ3) is 3.39. The van der Waals surface area contributed by atoms with Crippen molar-refractivity contribution in [2.75, 3.05) is 18.5 Å². The Balaban J connectivity index is 1.41. The Morgan fingerprint density at radius 2 is 2.07 bits per heavy atom. The molecule has 152 valence electrons. The van der Waals surface area contributed by atoms with E-state index in [1.165, 1.54) is 12.1 Å². The molecule has 0 saturated carbocycles. The van der Waals surface area contributed by atoms with E-state index >= 15 is 0 Å². The fraction of sp³-hybridized carbons (Fsp3) is 0.238. The lowest BCUT2D eigenvalue weighted by Gasteiger charge is -2.37. The molecule has 30 heavy (non-hydrogen) atoms. The standard InChI is InChI=1S/C21H20N6O3/c1-21(12-30-13-21)11-26-10-15(9-22-26)17-3-2-8-27-18(17)24-20(25-27)23-16-6-4-14(5-7-16)19(28)29/h2-10H,11-13H2,1H3,(H,23,25)(H,28,29). The Kier molecular flexibility index (Phi) is 4.25. The second-order valence-electron chi connectivity index (χ2n) is 7.86. The van der Waals surface area contributed by atoms with E-state index in [1.807, 2.05) is 35.4 Å². The van der Waals surface area contributed by atoms with Gasteiger partial charge in [-0.1, -0.05) is 6.92 Å². The molecule has 0 amide bonds. The Bertz CT molecular complexity index is 1220. The van der Waals surface area contributed by atoms with Crippen LogP contribution in [0.2, 0.25) is 0 Å². The van der Waals surface area contributed by atoms with Crippen LogP contribution in [-0.2, 0) is 11.3 Å². The molecule has 0 atom stereocenters. The van der Waals surface area contributed by atoms with E-state index in [0.717, 1.165) is 30.9 Å². The van der Waals surface area contributed by atoms with Crippen LogP contribution in [0.4, 0.5) is 11.6 Å². The van der Waals surface area contributed by atoms with Gasteiger partial charge in [0.2, 0.25) is 5.95 Å². The minimum absolute atomic E-state index is 0.136. The van der Waals surface area contributed by atoms with Crippen molar-refractivity contribution in [2.24, 2.45) is 5.41 Å². The van der Waals surface area contributed by atoms with Gasteiger partial charge in [-0.3, -0.25) is 4.68 Å². The van der Waals surface area contributed by atoms with Crippen LogP contribution in [0, 0.1) is 5.41 Å². The summed E-state index contributed by atoms with van der Waals surface area (Å²) in [4.78, 5) is 15.6. The van der Waals surface area contributed by atoms with Crippen LogP contribution < -0.4 is 5.32 Å². The topological polar surface area (TPSA) is 107 Å². The first-order chi connectivity index (χ1) is 14.5. The predicted octanol–water partition coefficient (Wildman–Crippen LogP) is 3.07. The zero-order valence-electron chi connectivity index (χ0n) is 16.3. The number of anilines is 2. The van der Waals surface area contributed by atoms with Crippen molar-refractivity contribution >= 4 is 23.3 Å². The summed E-state index contributed by atoms with van der Waals surface area (Å²) in [6.07, 6.45) is 5.69. The second kappa shape index (κ2) is 6.96. The first kappa shape index (κ1) is 18.3. The molecule has 4 heterocycles. The molecule has 5 rings (SSSR count). The first-order valence-electron chi connectivity index (χ1n) is 9.56. The Labute approximate surface area is 171 Å². The molecule has 9 heteroatoms. The van der Waals surface area contributed by atoms with Gasteiger partial charge < -0.3 is 15.2 Å². The molecule has 1 aromatic carbocycles. The van der Waals surface area contributed by atoms with E-state index in [0.29, 0.717) is 17.3 Å². The number of ether oxygens (including phenoxy) is 1. The van der Waals surface area contributed by atoms with Gasteiger partial charge in [0.05, 0.1) is 31.5 Å². The van der Waals surface area contributed by atoms with Crippen LogP contribution in [0.1, 0.15) is 17.3 Å². The molecule has 1 aliphatic rings. The Hall–Kier alpha value is -3.72. The smallest absolute Gasteiger partial charge is 0.335 e. The van der Waals surface area contributed by atoms with E-state index in [4.69, 9.17) is 9.84 Å². The summed E-state index contributed by atoms with van der Waals surface area (Å²) in [5.74, 6) is -0.534. The van der Waals surface area contributed by atoms with Gasteiger partial charge in [0.1, 0.15) is 0 Å². The number of fused-ring (bicyclic) bond motifs is 1. The molecular weight excluding hydrogens is 384 g/mol. The molecule has 4 aromatic rings. The predicted molar refractivity (Wildman–Crippen MR) is 110 cm³/mol. The zero-order valence-corrected chi connectivity index (χ0v) is 16.3. The molecule has 0 spiro atoms. The molecule has 0 aliphatic carbocycles. The molecule has 2 N–H and O–H groups in total. The number of nitrogens with one attached hydrogen (secondary N) is 1. The number of carboxylic acids is 1. The SMILES string of the molecule is CC1(Cn2cc(-c3cccn4nc(Nc5ccc(C(=O)O)cc5)nc34)cn2)COC1. The number of nitrogens with zero attached hydrogens (tertiary/aromatic N) is 5. The Morgan fingerprint density at radius 1 is 1.27 bits per heavy atom. The average Bonchev–Trinajstić information content (AvgIpc) is 3.33. The maximum Gasteiger partial charge on any atom is 0.335 e. The minimum Gasteiger partial charge on any atom is -0.478 e. The first-order valence-corrected chi connectivity index (χ1v) is 9.56. The highest BCUT2D eigenvalue weighted by molar-refractivity contribution is 5.88. The van der Waals surface area contributed by atoms with Crippen LogP contribution in [0.15, 0.2) is 55.0 Å². The van der Waals surface area contributed by atoms with Crippen molar-refractivity contribution in [3.8, 4) is 11.1 Å². The number of pyridine rings is 1. The molecule has 0 radical (unpaired) electrons. The number of carbonyl (C=O) groups is 1. The van der Waals surface area contributed by atoms with E-state index in [1.54, 1.807) is 16.6 Å². The summed E-state index contributed by atoms with van der Waals surface area (Å²) in [6.45, 7) is 4.51. The highest BCUT2D eigenvalue weighted by Crippen LogP contribution is 2.30. The third-order valence-corrected chi connectivity index (χ3v) is 5.14. The van der Waals surface area contributed by atoms with Crippen LogP contribution >= 0.6 is 0 Å². The molecule has 0 unspecified atom stereocenters. The van der Waals surface area contributed by atoms with Crippen molar-refractivity contribution in [2.45, 2.75) is 13.5 Å². The van der Waals surface area contributed by atoms with Crippen molar-refractivity contribution in [3.05, 3.63) is 60.6 Å². The lowest BCUT2D eigenvalue weighted by molar-refractivity contribution is -0.111. The number of hydrogen-bond donors (Lipinski definition) is 2. The lowest BCUT2D eigenvalue weighted by Crippen LogP contribution is -2.43. The van der Waals surface area contributed by atoms with Gasteiger partial charge in [-0.2, -0.15) is 10.1 Å². The molecule has 9 nitrogen and oxygen atoms in total. The monoisotopic (exact) mass is 404 g/mol. The minimum atomic E-state index is -0.962. The summed E-state index contributed by atoms with van der Waals surface area (Å²) < 4.78 is 8.99. The van der Waals surface area contributed by atoms with Gasteiger partial charge in [0.15, 0.2) is 5.65 Å². The van der Waals surface area contributed by atoms with Gasteiger partial charge in [-0.15, -0.1) is 5.10 Å². The zero-order chi connectivity index (χ0) is 20.7. The number of rotatable bonds is 6. The molecule has 0 bridgehead atoms. The van der Waals surface area contributed by atoms with Crippen molar-refractivity contribution in [1.82, 2.24) is 24.4 Å². The molecular formula is C21H20N6O3. The quantitative estimate of drug-likeness (QED) is 0.509. The van der Waals surface area contributed by atoms with Crippen LogP contribution in [0.3, 0.4) is 0 Å². The Morgan fingerprint density at radius 3 is 2.77 bits per heavy atom. The van der Waals surface area contributed by atoms with Gasteiger partial charge in [0, 0.05) is 34.6 Å². The number of hydrogen-bond acceptors (Lipinski definition) is 6. The highest BCUT2D eigenvalue weighted by atomic mass is 16.5. The normalized spacial score (nSPS) is 15.1. The maximum atomic E-state index is 11.0. The van der Waals surface area contributed by atoms with Crippen LogP contribution in [0.25, 0.3) is 16.8 Å². The molecule has 1 fully saturated rings. The summed E-state index contributed by atoms with van der Waals surface area (Å²) in [7, 11) is 0. The summed E-state index contributed by atoms with van der Waals surface area (Å²) in [5.41, 5.74) is 3.68. The molecule has 3 aromatic heterocycles. The second-order valence-corrected chi connectivity index (χ2v) is 7.86. The van der Waals surface area contributed by atoms with Crippen LogP contribution in [0.5, 0.6) is 0 Å². The van der Waals surface area contributed by atoms with E-state index < -0.39 is 5.97 Å². The fourth-order valence-corrected chi connectivity index (χ4v) is 3.53. The number of carboxylic acid groups (broad SMARTS) is 1.